The molecule has 0 bridgehead atoms. The first kappa shape index (κ1) is 13.7. The van der Waals surface area contributed by atoms with Crippen LogP contribution < -0.4 is 5.32 Å². The van der Waals surface area contributed by atoms with E-state index in [1.165, 1.54) is 5.56 Å². The molecule has 1 N–H and O–H groups in total. The first-order valence-electron chi connectivity index (χ1n) is 5.73. The van der Waals surface area contributed by atoms with Crippen LogP contribution in [0.5, 0.6) is 0 Å². The van der Waals surface area contributed by atoms with Crippen LogP contribution in [0.25, 0.3) is 0 Å². The first-order valence-corrected chi connectivity index (χ1v) is 5.73. The van der Waals surface area contributed by atoms with Crippen molar-refractivity contribution in [3.63, 3.8) is 0 Å². The molecule has 4 nitrogen and oxygen atoms in total. The molecule has 94 valence electrons. The van der Waals surface area contributed by atoms with Gasteiger partial charge >= 0.3 is 0 Å². The van der Waals surface area contributed by atoms with Crippen molar-refractivity contribution in [2.45, 2.75) is 6.61 Å². The number of rotatable bonds is 7. The Labute approximate surface area is 103 Å². The van der Waals surface area contributed by atoms with E-state index in [0.717, 1.165) is 6.54 Å². The van der Waals surface area contributed by atoms with Gasteiger partial charge in [0.15, 0.2) is 0 Å². The van der Waals surface area contributed by atoms with E-state index in [9.17, 15) is 4.79 Å². The molecule has 0 fully saturated rings. The van der Waals surface area contributed by atoms with E-state index in [4.69, 9.17) is 4.74 Å². The third-order valence-corrected chi connectivity index (χ3v) is 2.42. The van der Waals surface area contributed by atoms with Crippen molar-refractivity contribution in [1.29, 1.82) is 0 Å². The molecule has 0 radical (unpaired) electrons. The monoisotopic (exact) mass is 236 g/mol. The van der Waals surface area contributed by atoms with E-state index in [1.807, 2.05) is 42.3 Å². The molecule has 0 aromatic heterocycles. The molecule has 0 aliphatic carbocycles. The highest BCUT2D eigenvalue weighted by Gasteiger charge is 2.03. The van der Waals surface area contributed by atoms with Gasteiger partial charge in [-0.1, -0.05) is 30.3 Å². The average molecular weight is 236 g/mol. The molecule has 0 saturated heterocycles. The molecular formula is C13H20N2O2. The van der Waals surface area contributed by atoms with Gasteiger partial charge in [-0.25, -0.2) is 0 Å². The number of nitrogens with one attached hydrogen (secondary N) is 1. The number of nitrogens with zero attached hydrogens (tertiary/aromatic N) is 1. The smallest absolute Gasteiger partial charge is 0.233 e. The Balaban J connectivity index is 2.10. The molecular weight excluding hydrogens is 216 g/mol. The lowest BCUT2D eigenvalue weighted by Gasteiger charge is -2.15. The topological polar surface area (TPSA) is 41.6 Å². The SMILES string of the molecule is CNC(=O)CN(C)CCOCc1ccccc1. The normalized spacial score (nSPS) is 10.5. The molecule has 0 unspecified atom stereocenters. The number of ether oxygens (including phenoxy) is 1. The maximum Gasteiger partial charge on any atom is 0.233 e. The van der Waals surface area contributed by atoms with E-state index in [-0.39, 0.29) is 5.91 Å². The Morgan fingerprint density at radius 2 is 2.06 bits per heavy atom. The summed E-state index contributed by atoms with van der Waals surface area (Å²) >= 11 is 0. The zero-order valence-electron chi connectivity index (χ0n) is 10.5. The number of amides is 1. The van der Waals surface area contributed by atoms with Gasteiger partial charge in [0.1, 0.15) is 0 Å². The molecule has 1 amide bonds. The number of hydrogen-bond acceptors (Lipinski definition) is 3. The summed E-state index contributed by atoms with van der Waals surface area (Å²) in [7, 11) is 3.54. The van der Waals surface area contributed by atoms with Crippen molar-refractivity contribution in [2.24, 2.45) is 0 Å². The van der Waals surface area contributed by atoms with Gasteiger partial charge in [0, 0.05) is 13.6 Å². The number of benzene rings is 1. The van der Waals surface area contributed by atoms with Crippen molar-refractivity contribution >= 4 is 5.91 Å². The molecule has 0 aliphatic rings. The zero-order chi connectivity index (χ0) is 12.5. The summed E-state index contributed by atoms with van der Waals surface area (Å²) < 4.78 is 5.53. The lowest BCUT2D eigenvalue weighted by molar-refractivity contribution is -0.121. The number of carbonyl (C=O) groups is 1. The van der Waals surface area contributed by atoms with Crippen molar-refractivity contribution in [3.8, 4) is 0 Å². The highest BCUT2D eigenvalue weighted by molar-refractivity contribution is 5.77. The summed E-state index contributed by atoms with van der Waals surface area (Å²) in [5.74, 6) is 0.0237. The lowest BCUT2D eigenvalue weighted by Crippen LogP contribution is -2.34. The lowest BCUT2D eigenvalue weighted by atomic mass is 10.2. The van der Waals surface area contributed by atoms with Gasteiger partial charge in [0.05, 0.1) is 19.8 Å². The van der Waals surface area contributed by atoms with Crippen LogP contribution >= 0.6 is 0 Å². The predicted molar refractivity (Wildman–Crippen MR) is 67.7 cm³/mol. The third-order valence-electron chi connectivity index (χ3n) is 2.42. The summed E-state index contributed by atoms with van der Waals surface area (Å²) in [4.78, 5) is 13.0. The van der Waals surface area contributed by atoms with Crippen molar-refractivity contribution in [3.05, 3.63) is 35.9 Å². The molecule has 0 atom stereocenters. The molecule has 0 heterocycles. The van der Waals surface area contributed by atoms with Gasteiger partial charge in [-0.05, 0) is 12.6 Å². The average Bonchev–Trinajstić information content (AvgIpc) is 2.36. The van der Waals surface area contributed by atoms with E-state index in [1.54, 1.807) is 7.05 Å². The van der Waals surface area contributed by atoms with Crippen molar-refractivity contribution < 1.29 is 9.53 Å². The van der Waals surface area contributed by atoms with Crippen molar-refractivity contribution in [2.75, 3.05) is 33.8 Å². The Morgan fingerprint density at radius 1 is 1.35 bits per heavy atom. The van der Waals surface area contributed by atoms with Gasteiger partial charge in [0.25, 0.3) is 0 Å². The van der Waals surface area contributed by atoms with Crippen molar-refractivity contribution in [1.82, 2.24) is 10.2 Å². The molecule has 0 aliphatic heterocycles. The van der Waals surface area contributed by atoms with Gasteiger partial charge in [-0.3, -0.25) is 9.69 Å². The highest BCUT2D eigenvalue weighted by Crippen LogP contribution is 2.00. The van der Waals surface area contributed by atoms with Gasteiger partial charge in [-0.2, -0.15) is 0 Å². The number of likely N-dealkylation sites (N-methyl/N-ethyl adjacent to an activating group) is 2. The van der Waals surface area contributed by atoms with E-state index in [0.29, 0.717) is 19.8 Å². The van der Waals surface area contributed by atoms with Crippen LogP contribution in [0.1, 0.15) is 5.56 Å². The number of hydrogen-bond donors (Lipinski definition) is 1. The third kappa shape index (κ3) is 6.04. The van der Waals surface area contributed by atoms with Crippen LogP contribution in [0.2, 0.25) is 0 Å². The molecule has 1 aromatic rings. The Morgan fingerprint density at radius 3 is 2.71 bits per heavy atom. The zero-order valence-corrected chi connectivity index (χ0v) is 10.5. The summed E-state index contributed by atoms with van der Waals surface area (Å²) in [5, 5.41) is 2.59. The van der Waals surface area contributed by atoms with Crippen LogP contribution in [0.3, 0.4) is 0 Å². The summed E-state index contributed by atoms with van der Waals surface area (Å²) in [6.07, 6.45) is 0. The second-order valence-electron chi connectivity index (χ2n) is 3.95. The molecule has 1 rings (SSSR count). The predicted octanol–water partition coefficient (Wildman–Crippen LogP) is 0.881. The minimum absolute atomic E-state index is 0.0237. The van der Waals surface area contributed by atoms with E-state index >= 15 is 0 Å². The van der Waals surface area contributed by atoms with Crippen LogP contribution in [0.4, 0.5) is 0 Å². The second-order valence-corrected chi connectivity index (χ2v) is 3.95. The largest absolute Gasteiger partial charge is 0.375 e. The summed E-state index contributed by atoms with van der Waals surface area (Å²) in [6, 6.07) is 10.1. The van der Waals surface area contributed by atoms with Crippen LogP contribution in [0, 0.1) is 0 Å². The van der Waals surface area contributed by atoms with Crippen LogP contribution in [-0.2, 0) is 16.1 Å². The first-order chi connectivity index (χ1) is 8.22. The quantitative estimate of drug-likeness (QED) is 0.715. The molecule has 1 aromatic carbocycles. The Bertz CT molecular complexity index is 327. The Hall–Kier alpha value is -1.39. The molecule has 0 spiro atoms. The standard InChI is InChI=1S/C13H20N2O2/c1-14-13(16)10-15(2)8-9-17-11-12-6-4-3-5-7-12/h3-7H,8-11H2,1-2H3,(H,14,16). The van der Waals surface area contributed by atoms with Gasteiger partial charge in [-0.15, -0.1) is 0 Å². The van der Waals surface area contributed by atoms with E-state index in [2.05, 4.69) is 5.32 Å². The summed E-state index contributed by atoms with van der Waals surface area (Å²) in [5.41, 5.74) is 1.17. The van der Waals surface area contributed by atoms with Crippen LogP contribution in [-0.4, -0.2) is 44.6 Å². The maximum atomic E-state index is 11.1. The van der Waals surface area contributed by atoms with Gasteiger partial charge < -0.3 is 10.1 Å². The fourth-order valence-electron chi connectivity index (χ4n) is 1.39. The van der Waals surface area contributed by atoms with Gasteiger partial charge in [0.2, 0.25) is 5.91 Å². The molecule has 4 heteroatoms. The number of carbonyl (C=O) groups excluding carboxylic acids is 1. The van der Waals surface area contributed by atoms with E-state index < -0.39 is 0 Å². The second kappa shape index (κ2) is 7.81. The highest BCUT2D eigenvalue weighted by atomic mass is 16.5. The summed E-state index contributed by atoms with van der Waals surface area (Å²) in [6.45, 7) is 2.41. The minimum Gasteiger partial charge on any atom is -0.375 e. The molecule has 0 saturated carbocycles. The van der Waals surface area contributed by atoms with Crippen LogP contribution in [0.15, 0.2) is 30.3 Å². The maximum absolute atomic E-state index is 11.1. The fourth-order valence-corrected chi connectivity index (χ4v) is 1.39. The fraction of sp³-hybridized carbons (Fsp3) is 0.462. The Kier molecular flexibility index (Phi) is 6.29. The molecule has 17 heavy (non-hydrogen) atoms. The minimum atomic E-state index is 0.0237.